The second-order valence-corrected chi connectivity index (χ2v) is 8.36. The maximum Gasteiger partial charge on any atom is 0.0701 e. The minimum absolute atomic E-state index is 0.562. The highest BCUT2D eigenvalue weighted by atomic mass is 16.6. The second kappa shape index (κ2) is 26.0. The van der Waals surface area contributed by atoms with E-state index in [1.165, 1.54) is 12.8 Å². The van der Waals surface area contributed by atoms with E-state index in [1.54, 1.807) is 0 Å². The molecular weight excluding hydrogens is 400 g/mol. The van der Waals surface area contributed by atoms with E-state index in [9.17, 15) is 0 Å². The topological polar surface area (TPSA) is 64.6 Å². The Labute approximate surface area is 191 Å². The highest BCUT2D eigenvalue weighted by Gasteiger charge is 1.97. The molecule has 0 bridgehead atoms. The van der Waals surface area contributed by atoms with Crippen molar-refractivity contribution in [2.75, 3.05) is 92.5 Å². The molecule has 188 valence electrons. The van der Waals surface area contributed by atoms with Gasteiger partial charge >= 0.3 is 0 Å². The van der Waals surface area contributed by atoms with E-state index in [1.807, 2.05) is 0 Å². The van der Waals surface area contributed by atoms with Crippen molar-refractivity contribution in [2.45, 2.75) is 53.4 Å². The van der Waals surface area contributed by atoms with E-state index in [2.05, 4.69) is 27.7 Å². The van der Waals surface area contributed by atoms with Crippen molar-refractivity contribution in [3.8, 4) is 0 Å². The SMILES string of the molecule is CC(C)CCCOCCOCCOCCOCCOCCOCCOCCCC(C)C. The van der Waals surface area contributed by atoms with Crippen molar-refractivity contribution >= 4 is 0 Å². The molecular formula is C24H50O7. The van der Waals surface area contributed by atoms with Crippen LogP contribution in [-0.4, -0.2) is 92.5 Å². The van der Waals surface area contributed by atoms with Gasteiger partial charge in [-0.1, -0.05) is 27.7 Å². The fourth-order valence-electron chi connectivity index (χ4n) is 2.61. The Morgan fingerprint density at radius 3 is 0.710 bits per heavy atom. The molecule has 0 rings (SSSR count). The highest BCUT2D eigenvalue weighted by Crippen LogP contribution is 2.03. The molecule has 0 aliphatic heterocycles. The normalized spacial score (nSPS) is 11.8. The average molecular weight is 451 g/mol. The van der Waals surface area contributed by atoms with E-state index in [0.717, 1.165) is 37.9 Å². The standard InChI is InChI=1S/C24H50O7/c1-23(2)7-5-9-25-11-13-27-15-17-29-19-21-31-22-20-30-18-16-28-14-12-26-10-6-8-24(3)4/h23-24H,5-22H2,1-4H3. The molecule has 0 unspecified atom stereocenters. The Balaban J connectivity index is 3.01. The summed E-state index contributed by atoms with van der Waals surface area (Å²) in [6.45, 7) is 17.7. The van der Waals surface area contributed by atoms with E-state index in [-0.39, 0.29) is 0 Å². The van der Waals surface area contributed by atoms with Crippen LogP contribution in [-0.2, 0) is 33.2 Å². The van der Waals surface area contributed by atoms with Crippen molar-refractivity contribution in [2.24, 2.45) is 11.8 Å². The highest BCUT2D eigenvalue weighted by molar-refractivity contribution is 4.45. The molecule has 7 heteroatoms. The van der Waals surface area contributed by atoms with Crippen LogP contribution in [0.2, 0.25) is 0 Å². The van der Waals surface area contributed by atoms with Gasteiger partial charge in [-0.15, -0.1) is 0 Å². The fourth-order valence-corrected chi connectivity index (χ4v) is 2.61. The number of hydrogen-bond donors (Lipinski definition) is 0. The first-order valence-electron chi connectivity index (χ1n) is 12.2. The van der Waals surface area contributed by atoms with Crippen LogP contribution in [0.4, 0.5) is 0 Å². The molecule has 0 saturated heterocycles. The van der Waals surface area contributed by atoms with Gasteiger partial charge < -0.3 is 33.2 Å². The molecule has 0 spiro atoms. The quantitative estimate of drug-likeness (QED) is 0.185. The number of ether oxygens (including phenoxy) is 7. The molecule has 0 heterocycles. The zero-order chi connectivity index (χ0) is 22.8. The maximum atomic E-state index is 5.52. The minimum Gasteiger partial charge on any atom is -0.379 e. The lowest BCUT2D eigenvalue weighted by Gasteiger charge is -2.09. The summed E-state index contributed by atoms with van der Waals surface area (Å²) in [5.74, 6) is 1.49. The molecule has 0 N–H and O–H groups in total. The van der Waals surface area contributed by atoms with Crippen molar-refractivity contribution in [3.05, 3.63) is 0 Å². The summed E-state index contributed by atoms with van der Waals surface area (Å²) in [6.07, 6.45) is 4.67. The first kappa shape index (κ1) is 30.7. The van der Waals surface area contributed by atoms with Crippen LogP contribution in [0.3, 0.4) is 0 Å². The molecule has 0 amide bonds. The summed E-state index contributed by atoms with van der Waals surface area (Å²) in [7, 11) is 0. The molecule has 0 aliphatic rings. The van der Waals surface area contributed by atoms with Gasteiger partial charge in [-0.25, -0.2) is 0 Å². The maximum absolute atomic E-state index is 5.52. The zero-order valence-corrected chi connectivity index (χ0v) is 20.7. The van der Waals surface area contributed by atoms with Gasteiger partial charge in [0.25, 0.3) is 0 Å². The lowest BCUT2D eigenvalue weighted by atomic mass is 10.1. The fraction of sp³-hybridized carbons (Fsp3) is 1.00. The van der Waals surface area contributed by atoms with Gasteiger partial charge in [0.15, 0.2) is 0 Å². The minimum atomic E-state index is 0.562. The Bertz CT molecular complexity index is 297. The summed E-state index contributed by atoms with van der Waals surface area (Å²) >= 11 is 0. The molecule has 0 aliphatic carbocycles. The van der Waals surface area contributed by atoms with Crippen molar-refractivity contribution in [1.82, 2.24) is 0 Å². The van der Waals surface area contributed by atoms with E-state index < -0.39 is 0 Å². The Morgan fingerprint density at radius 1 is 0.323 bits per heavy atom. The van der Waals surface area contributed by atoms with Gasteiger partial charge in [0.1, 0.15) is 0 Å². The third kappa shape index (κ3) is 29.7. The molecule has 0 fully saturated rings. The van der Waals surface area contributed by atoms with Gasteiger partial charge in [0, 0.05) is 13.2 Å². The molecule has 0 aromatic rings. The largest absolute Gasteiger partial charge is 0.379 e. The first-order valence-corrected chi connectivity index (χ1v) is 12.2. The Kier molecular flexibility index (Phi) is 25.7. The lowest BCUT2D eigenvalue weighted by molar-refractivity contribution is -0.0207. The van der Waals surface area contributed by atoms with Crippen molar-refractivity contribution in [1.29, 1.82) is 0 Å². The molecule has 0 atom stereocenters. The third-order valence-electron chi connectivity index (χ3n) is 4.37. The predicted octanol–water partition coefficient (Wildman–Crippen LogP) is 3.98. The lowest BCUT2D eigenvalue weighted by Crippen LogP contribution is -2.14. The predicted molar refractivity (Wildman–Crippen MR) is 124 cm³/mol. The summed E-state index contributed by atoms with van der Waals surface area (Å²) in [4.78, 5) is 0. The number of hydrogen-bond acceptors (Lipinski definition) is 7. The summed E-state index contributed by atoms with van der Waals surface area (Å²) in [6, 6.07) is 0. The van der Waals surface area contributed by atoms with Crippen LogP contribution >= 0.6 is 0 Å². The van der Waals surface area contributed by atoms with Gasteiger partial charge in [-0.2, -0.15) is 0 Å². The molecule has 0 saturated carbocycles. The van der Waals surface area contributed by atoms with Gasteiger partial charge in [0.05, 0.1) is 79.3 Å². The zero-order valence-electron chi connectivity index (χ0n) is 20.7. The molecule has 31 heavy (non-hydrogen) atoms. The van der Waals surface area contributed by atoms with Crippen LogP contribution in [0.5, 0.6) is 0 Å². The molecule has 0 aromatic carbocycles. The van der Waals surface area contributed by atoms with E-state index >= 15 is 0 Å². The van der Waals surface area contributed by atoms with Crippen LogP contribution in [0, 0.1) is 11.8 Å². The van der Waals surface area contributed by atoms with Crippen LogP contribution in [0.1, 0.15) is 53.4 Å². The smallest absolute Gasteiger partial charge is 0.0701 e. The Hall–Kier alpha value is -0.280. The monoisotopic (exact) mass is 450 g/mol. The molecule has 0 aromatic heterocycles. The summed E-state index contributed by atoms with van der Waals surface area (Å²) in [5, 5.41) is 0. The Morgan fingerprint density at radius 2 is 0.516 bits per heavy atom. The second-order valence-electron chi connectivity index (χ2n) is 8.36. The summed E-state index contributed by atoms with van der Waals surface area (Å²) < 4.78 is 38.3. The van der Waals surface area contributed by atoms with Crippen LogP contribution in [0.15, 0.2) is 0 Å². The van der Waals surface area contributed by atoms with Crippen LogP contribution in [0.25, 0.3) is 0 Å². The van der Waals surface area contributed by atoms with Gasteiger partial charge in [0.2, 0.25) is 0 Å². The average Bonchev–Trinajstić information content (AvgIpc) is 2.73. The van der Waals surface area contributed by atoms with Gasteiger partial charge in [-0.3, -0.25) is 0 Å². The number of rotatable bonds is 26. The summed E-state index contributed by atoms with van der Waals surface area (Å²) in [5.41, 5.74) is 0. The molecule has 0 radical (unpaired) electrons. The third-order valence-corrected chi connectivity index (χ3v) is 4.37. The van der Waals surface area contributed by atoms with Crippen molar-refractivity contribution < 1.29 is 33.2 Å². The van der Waals surface area contributed by atoms with E-state index in [4.69, 9.17) is 33.2 Å². The van der Waals surface area contributed by atoms with Gasteiger partial charge in [-0.05, 0) is 37.5 Å². The van der Waals surface area contributed by atoms with Crippen molar-refractivity contribution in [3.63, 3.8) is 0 Å². The first-order chi connectivity index (χ1) is 15.1. The van der Waals surface area contributed by atoms with E-state index in [0.29, 0.717) is 79.3 Å². The van der Waals surface area contributed by atoms with Crippen LogP contribution < -0.4 is 0 Å². The molecule has 7 nitrogen and oxygen atoms in total.